The lowest BCUT2D eigenvalue weighted by Crippen LogP contribution is -2.32. The molecule has 0 aliphatic carbocycles. The molecule has 0 radical (unpaired) electrons. The summed E-state index contributed by atoms with van der Waals surface area (Å²) in [5.74, 6) is -1.01. The Hall–Kier alpha value is -0.980. The van der Waals surface area contributed by atoms with Crippen molar-refractivity contribution in [2.75, 3.05) is 7.11 Å². The summed E-state index contributed by atoms with van der Waals surface area (Å²) >= 11 is 1.44. The van der Waals surface area contributed by atoms with E-state index in [2.05, 4.69) is 4.98 Å². The van der Waals surface area contributed by atoms with Crippen LogP contribution in [0.25, 0.3) is 0 Å². The molecule has 1 rings (SSSR count). The molecular formula is C8H12N2O3S. The van der Waals surface area contributed by atoms with Crippen molar-refractivity contribution in [1.82, 2.24) is 4.98 Å². The molecule has 0 aliphatic heterocycles. The van der Waals surface area contributed by atoms with Gasteiger partial charge in [-0.05, 0) is 0 Å². The molecule has 0 spiro atoms. The van der Waals surface area contributed by atoms with Crippen LogP contribution < -0.4 is 5.73 Å². The third-order valence-corrected chi connectivity index (χ3v) is 2.48. The van der Waals surface area contributed by atoms with Gasteiger partial charge in [0.15, 0.2) is 0 Å². The smallest absolute Gasteiger partial charge is 0.320 e. The number of aliphatic carboxylic acids is 1. The fourth-order valence-corrected chi connectivity index (χ4v) is 1.72. The molecule has 0 fully saturated rings. The molecule has 0 saturated carbocycles. The van der Waals surface area contributed by atoms with Gasteiger partial charge in [-0.2, -0.15) is 0 Å². The Bertz CT molecular complexity index is 313. The number of ether oxygens (including phenoxy) is 1. The third kappa shape index (κ3) is 3.06. The van der Waals surface area contributed by atoms with Crippen LogP contribution in [0.1, 0.15) is 10.7 Å². The zero-order valence-corrected chi connectivity index (χ0v) is 8.58. The fourth-order valence-electron chi connectivity index (χ4n) is 0.945. The highest BCUT2D eigenvalue weighted by Gasteiger charge is 2.13. The number of carboxylic acid groups (broad SMARTS) is 1. The molecule has 5 nitrogen and oxygen atoms in total. The number of nitrogens with zero attached hydrogens (tertiary/aromatic N) is 1. The van der Waals surface area contributed by atoms with Crippen LogP contribution in [0.5, 0.6) is 0 Å². The van der Waals surface area contributed by atoms with E-state index in [1.165, 1.54) is 11.3 Å². The van der Waals surface area contributed by atoms with Crippen LogP contribution in [0.2, 0.25) is 0 Å². The van der Waals surface area contributed by atoms with E-state index in [0.29, 0.717) is 12.3 Å². The highest BCUT2D eigenvalue weighted by atomic mass is 32.1. The van der Waals surface area contributed by atoms with Gasteiger partial charge in [0, 0.05) is 18.9 Å². The summed E-state index contributed by atoms with van der Waals surface area (Å²) in [5.41, 5.74) is 6.07. The van der Waals surface area contributed by atoms with Crippen LogP contribution in [0.3, 0.4) is 0 Å². The highest BCUT2D eigenvalue weighted by molar-refractivity contribution is 7.09. The average molecular weight is 216 g/mol. The fraction of sp³-hybridized carbons (Fsp3) is 0.500. The first kappa shape index (κ1) is 11.1. The summed E-state index contributed by atoms with van der Waals surface area (Å²) in [4.78, 5) is 14.6. The number of carbonyl (C=O) groups is 1. The topological polar surface area (TPSA) is 85.4 Å². The predicted octanol–water partition coefficient (Wildman–Crippen LogP) is 0.244. The molecule has 1 heterocycles. The van der Waals surface area contributed by atoms with Crippen molar-refractivity contribution >= 4 is 17.3 Å². The van der Waals surface area contributed by atoms with Crippen LogP contribution in [0, 0.1) is 0 Å². The highest BCUT2D eigenvalue weighted by Crippen LogP contribution is 2.11. The summed E-state index contributed by atoms with van der Waals surface area (Å²) in [6.07, 6.45) is 0.259. The first-order valence-electron chi connectivity index (χ1n) is 4.04. The van der Waals surface area contributed by atoms with Crippen molar-refractivity contribution in [2.24, 2.45) is 5.73 Å². The van der Waals surface area contributed by atoms with Crippen LogP contribution >= 0.6 is 11.3 Å². The number of carboxylic acids is 1. The second-order valence-corrected chi connectivity index (χ2v) is 3.76. The molecule has 6 heteroatoms. The van der Waals surface area contributed by atoms with Gasteiger partial charge in [0.05, 0.1) is 12.3 Å². The van der Waals surface area contributed by atoms with E-state index < -0.39 is 12.0 Å². The lowest BCUT2D eigenvalue weighted by atomic mass is 10.2. The van der Waals surface area contributed by atoms with Gasteiger partial charge in [0.25, 0.3) is 0 Å². The Morgan fingerprint density at radius 1 is 1.86 bits per heavy atom. The Labute approximate surface area is 85.5 Å². The summed E-state index contributed by atoms with van der Waals surface area (Å²) < 4.78 is 4.89. The number of aromatic nitrogens is 1. The largest absolute Gasteiger partial charge is 0.480 e. The number of nitrogens with two attached hydrogens (primary N) is 1. The van der Waals surface area contributed by atoms with Crippen LogP contribution in [0.15, 0.2) is 5.38 Å². The number of methoxy groups -OCH3 is 1. The zero-order chi connectivity index (χ0) is 10.6. The molecule has 0 bridgehead atoms. The number of thiazole rings is 1. The van der Waals surface area contributed by atoms with Crippen molar-refractivity contribution < 1.29 is 14.6 Å². The SMILES string of the molecule is COCc1nc(CC(N)C(=O)O)cs1. The number of hydrogen-bond donors (Lipinski definition) is 2. The second-order valence-electron chi connectivity index (χ2n) is 2.81. The maximum atomic E-state index is 10.5. The minimum atomic E-state index is -1.01. The van der Waals surface area contributed by atoms with Gasteiger partial charge in [-0.3, -0.25) is 4.79 Å². The van der Waals surface area contributed by atoms with Gasteiger partial charge < -0.3 is 15.6 Å². The molecule has 0 saturated heterocycles. The average Bonchev–Trinajstić information content (AvgIpc) is 2.53. The van der Waals surface area contributed by atoms with Crippen molar-refractivity contribution in [2.45, 2.75) is 19.1 Å². The lowest BCUT2D eigenvalue weighted by molar-refractivity contribution is -0.138. The Morgan fingerprint density at radius 3 is 3.14 bits per heavy atom. The summed E-state index contributed by atoms with van der Waals surface area (Å²) in [7, 11) is 1.59. The maximum Gasteiger partial charge on any atom is 0.320 e. The van der Waals surface area contributed by atoms with E-state index >= 15 is 0 Å². The van der Waals surface area contributed by atoms with Gasteiger partial charge in [-0.15, -0.1) is 11.3 Å². The van der Waals surface area contributed by atoms with Crippen LogP contribution in [0.4, 0.5) is 0 Å². The predicted molar refractivity (Wildman–Crippen MR) is 52.1 cm³/mol. The van der Waals surface area contributed by atoms with E-state index in [1.807, 2.05) is 0 Å². The minimum absolute atomic E-state index is 0.259. The van der Waals surface area contributed by atoms with Crippen molar-refractivity contribution in [1.29, 1.82) is 0 Å². The van der Waals surface area contributed by atoms with Gasteiger partial charge in [-0.25, -0.2) is 4.98 Å². The zero-order valence-electron chi connectivity index (χ0n) is 7.77. The molecule has 0 aliphatic rings. The Morgan fingerprint density at radius 2 is 2.57 bits per heavy atom. The van der Waals surface area contributed by atoms with E-state index in [9.17, 15) is 4.79 Å². The molecule has 1 aromatic rings. The maximum absolute atomic E-state index is 10.5. The van der Waals surface area contributed by atoms with E-state index in [0.717, 1.165) is 5.01 Å². The number of rotatable bonds is 5. The second kappa shape index (κ2) is 5.04. The van der Waals surface area contributed by atoms with Gasteiger partial charge >= 0.3 is 5.97 Å². The van der Waals surface area contributed by atoms with Crippen LogP contribution in [-0.4, -0.2) is 29.2 Å². The molecule has 0 aromatic carbocycles. The molecule has 14 heavy (non-hydrogen) atoms. The monoisotopic (exact) mass is 216 g/mol. The first-order valence-corrected chi connectivity index (χ1v) is 4.92. The molecule has 78 valence electrons. The van der Waals surface area contributed by atoms with Crippen LogP contribution in [-0.2, 0) is 22.6 Å². The molecule has 1 atom stereocenters. The van der Waals surface area contributed by atoms with E-state index in [1.54, 1.807) is 12.5 Å². The summed E-state index contributed by atoms with van der Waals surface area (Å²) in [6, 6.07) is -0.882. The van der Waals surface area contributed by atoms with Gasteiger partial charge in [0.2, 0.25) is 0 Å². The molecule has 1 unspecified atom stereocenters. The molecule has 3 N–H and O–H groups in total. The van der Waals surface area contributed by atoms with Gasteiger partial charge in [0.1, 0.15) is 11.0 Å². The third-order valence-electron chi connectivity index (χ3n) is 1.61. The van der Waals surface area contributed by atoms with Crippen molar-refractivity contribution in [3.05, 3.63) is 16.1 Å². The van der Waals surface area contributed by atoms with Crippen molar-refractivity contribution in [3.63, 3.8) is 0 Å². The summed E-state index contributed by atoms with van der Waals surface area (Å²) in [6.45, 7) is 0.451. The first-order chi connectivity index (χ1) is 6.63. The normalized spacial score (nSPS) is 12.7. The Kier molecular flexibility index (Phi) is 3.99. The molecule has 0 amide bonds. The molecule has 1 aromatic heterocycles. The van der Waals surface area contributed by atoms with Crippen molar-refractivity contribution in [3.8, 4) is 0 Å². The minimum Gasteiger partial charge on any atom is -0.480 e. The quantitative estimate of drug-likeness (QED) is 0.736. The van der Waals surface area contributed by atoms with Gasteiger partial charge in [-0.1, -0.05) is 0 Å². The number of hydrogen-bond acceptors (Lipinski definition) is 5. The standard InChI is InChI=1S/C8H12N2O3S/c1-13-3-7-10-5(4-14-7)2-6(9)8(11)12/h4,6H,2-3,9H2,1H3,(H,11,12). The summed E-state index contributed by atoms with van der Waals surface area (Å²) in [5, 5.41) is 11.2. The lowest BCUT2D eigenvalue weighted by Gasteiger charge is -2.02. The Balaban J connectivity index is 2.55. The van der Waals surface area contributed by atoms with E-state index in [4.69, 9.17) is 15.6 Å². The molecular weight excluding hydrogens is 204 g/mol. The van der Waals surface area contributed by atoms with E-state index in [-0.39, 0.29) is 6.42 Å².